The van der Waals surface area contributed by atoms with Crippen LogP contribution in [0.4, 0.5) is 5.69 Å². The molecule has 2 heterocycles. The van der Waals surface area contributed by atoms with Crippen LogP contribution in [0.15, 0.2) is 21.3 Å². The maximum absolute atomic E-state index is 11.0. The highest BCUT2D eigenvalue weighted by Crippen LogP contribution is 2.40. The summed E-state index contributed by atoms with van der Waals surface area (Å²) in [5.41, 5.74) is 1.20. The van der Waals surface area contributed by atoms with Gasteiger partial charge >= 0.3 is 5.69 Å². The lowest BCUT2D eigenvalue weighted by Gasteiger charge is -2.07. The van der Waals surface area contributed by atoms with Crippen molar-refractivity contribution in [1.82, 2.24) is 15.1 Å². The van der Waals surface area contributed by atoms with Crippen LogP contribution in [0.5, 0.6) is 11.5 Å². The average Bonchev–Trinajstić information content (AvgIpc) is 3.04. The summed E-state index contributed by atoms with van der Waals surface area (Å²) in [5, 5.41) is 34.5. The summed E-state index contributed by atoms with van der Waals surface area (Å²) in [7, 11) is 0. The quantitative estimate of drug-likeness (QED) is 0.268. The molecule has 0 saturated heterocycles. The second kappa shape index (κ2) is 6.54. The Morgan fingerprint density at radius 2 is 1.96 bits per heavy atom. The summed E-state index contributed by atoms with van der Waals surface area (Å²) in [6, 6.07) is 2.13. The molecule has 3 aromatic rings. The fourth-order valence-corrected chi connectivity index (χ4v) is 3.22. The lowest BCUT2D eigenvalue weighted by Crippen LogP contribution is -1.94. The molecule has 134 valence electrons. The zero-order valence-electron chi connectivity index (χ0n) is 13.3. The van der Waals surface area contributed by atoms with Crippen LogP contribution in [0.3, 0.4) is 0 Å². The number of pyridine rings is 1. The first-order valence-corrected chi connectivity index (χ1v) is 8.24. The van der Waals surface area contributed by atoms with Crippen molar-refractivity contribution in [1.29, 1.82) is 0 Å². The van der Waals surface area contributed by atoms with E-state index >= 15 is 0 Å². The van der Waals surface area contributed by atoms with E-state index in [1.807, 2.05) is 0 Å². The van der Waals surface area contributed by atoms with Crippen molar-refractivity contribution in [3.05, 3.63) is 43.1 Å². The minimum absolute atomic E-state index is 0.0126. The maximum atomic E-state index is 11.0. The SMILES string of the molecule is Cc1nc(Br)c(-c2nc(-c3cc(O)c(O)c([N+](=O)[O-])c3)no2)c(C)c1Cl. The van der Waals surface area contributed by atoms with Crippen LogP contribution < -0.4 is 0 Å². The number of benzene rings is 1. The highest BCUT2D eigenvalue weighted by Gasteiger charge is 2.23. The van der Waals surface area contributed by atoms with Crippen molar-refractivity contribution < 1.29 is 19.7 Å². The molecule has 3 rings (SSSR count). The molecule has 0 amide bonds. The van der Waals surface area contributed by atoms with Crippen molar-refractivity contribution in [3.8, 4) is 34.3 Å². The Kier molecular flexibility index (Phi) is 4.55. The minimum Gasteiger partial charge on any atom is -0.504 e. The number of aromatic nitrogens is 3. The monoisotopic (exact) mass is 440 g/mol. The van der Waals surface area contributed by atoms with Gasteiger partial charge in [-0.1, -0.05) is 16.8 Å². The molecule has 0 spiro atoms. The molecule has 0 fully saturated rings. The second-order valence-electron chi connectivity index (χ2n) is 5.35. The first-order chi connectivity index (χ1) is 12.2. The molecule has 0 aliphatic heterocycles. The van der Waals surface area contributed by atoms with Crippen LogP contribution in [0, 0.1) is 24.0 Å². The van der Waals surface area contributed by atoms with Crippen LogP contribution in [-0.4, -0.2) is 30.3 Å². The number of phenolic OH excluding ortho intramolecular Hbond substituents is 2. The fourth-order valence-electron chi connectivity index (χ4n) is 2.35. The van der Waals surface area contributed by atoms with Gasteiger partial charge in [0.05, 0.1) is 21.2 Å². The number of rotatable bonds is 3. The normalized spacial score (nSPS) is 10.9. The molecule has 0 radical (unpaired) electrons. The Labute approximate surface area is 159 Å². The van der Waals surface area contributed by atoms with Crippen LogP contribution in [0.1, 0.15) is 11.3 Å². The summed E-state index contributed by atoms with van der Waals surface area (Å²) in [4.78, 5) is 18.6. The van der Waals surface area contributed by atoms with E-state index < -0.39 is 22.1 Å². The first-order valence-electron chi connectivity index (χ1n) is 7.07. The van der Waals surface area contributed by atoms with Crippen LogP contribution in [0.25, 0.3) is 22.8 Å². The molecule has 11 heteroatoms. The summed E-state index contributed by atoms with van der Waals surface area (Å²) in [5.74, 6) is -1.43. The standard InChI is InChI=1S/C15H10BrClN4O5/c1-5-10(13(16)18-6(2)11(5)17)15-19-14(20-26-15)7-3-8(21(24)25)12(23)9(22)4-7/h3-4,22-23H,1-2H3. The van der Waals surface area contributed by atoms with Crippen LogP contribution >= 0.6 is 27.5 Å². The lowest BCUT2D eigenvalue weighted by atomic mass is 10.1. The van der Waals surface area contributed by atoms with E-state index in [1.54, 1.807) is 13.8 Å². The summed E-state index contributed by atoms with van der Waals surface area (Å²) in [6.07, 6.45) is 0. The number of aromatic hydroxyl groups is 2. The van der Waals surface area contributed by atoms with Crippen LogP contribution in [0.2, 0.25) is 5.02 Å². The van der Waals surface area contributed by atoms with Gasteiger partial charge in [0, 0.05) is 11.6 Å². The van der Waals surface area contributed by atoms with Gasteiger partial charge in [-0.05, 0) is 41.4 Å². The average molecular weight is 442 g/mol. The number of nitro benzene ring substituents is 1. The predicted octanol–water partition coefficient (Wildman–Crippen LogP) is 4.15. The predicted molar refractivity (Wildman–Crippen MR) is 95.1 cm³/mol. The molecule has 0 saturated carbocycles. The largest absolute Gasteiger partial charge is 0.504 e. The molecule has 9 nitrogen and oxygen atoms in total. The van der Waals surface area contributed by atoms with Crippen molar-refractivity contribution >= 4 is 33.2 Å². The topological polar surface area (TPSA) is 135 Å². The van der Waals surface area contributed by atoms with E-state index in [0.717, 1.165) is 12.1 Å². The molecule has 0 aliphatic rings. The first kappa shape index (κ1) is 18.1. The number of nitrogens with zero attached hydrogens (tertiary/aromatic N) is 4. The van der Waals surface area contributed by atoms with E-state index in [-0.39, 0.29) is 17.3 Å². The van der Waals surface area contributed by atoms with Gasteiger partial charge in [-0.3, -0.25) is 10.1 Å². The van der Waals surface area contributed by atoms with Crippen molar-refractivity contribution in [3.63, 3.8) is 0 Å². The molecule has 26 heavy (non-hydrogen) atoms. The highest BCUT2D eigenvalue weighted by atomic mass is 79.9. The maximum Gasteiger partial charge on any atom is 0.315 e. The van der Waals surface area contributed by atoms with Gasteiger partial charge < -0.3 is 14.7 Å². The third-order valence-electron chi connectivity index (χ3n) is 3.66. The minimum atomic E-state index is -0.837. The number of hydrogen-bond donors (Lipinski definition) is 2. The highest BCUT2D eigenvalue weighted by molar-refractivity contribution is 9.10. The second-order valence-corrected chi connectivity index (χ2v) is 6.47. The van der Waals surface area contributed by atoms with Crippen molar-refractivity contribution in [2.45, 2.75) is 13.8 Å². The number of nitro groups is 1. The molecule has 1 aromatic carbocycles. The van der Waals surface area contributed by atoms with Gasteiger partial charge in [-0.2, -0.15) is 4.98 Å². The fraction of sp³-hybridized carbons (Fsp3) is 0.133. The molecule has 2 N–H and O–H groups in total. The molecule has 0 bridgehead atoms. The molecule has 0 unspecified atom stereocenters. The van der Waals surface area contributed by atoms with Gasteiger partial charge in [0.2, 0.25) is 11.6 Å². The number of halogens is 2. The Morgan fingerprint density at radius 3 is 2.62 bits per heavy atom. The Hall–Kier alpha value is -2.72. The molecule has 2 aromatic heterocycles. The zero-order valence-corrected chi connectivity index (χ0v) is 15.7. The van der Waals surface area contributed by atoms with E-state index in [2.05, 4.69) is 31.1 Å². The van der Waals surface area contributed by atoms with Gasteiger partial charge in [-0.25, -0.2) is 4.98 Å². The van der Waals surface area contributed by atoms with E-state index in [0.29, 0.717) is 26.4 Å². The van der Waals surface area contributed by atoms with Gasteiger partial charge in [-0.15, -0.1) is 0 Å². The van der Waals surface area contributed by atoms with Crippen molar-refractivity contribution in [2.75, 3.05) is 0 Å². The molecular formula is C15H10BrClN4O5. The van der Waals surface area contributed by atoms with Crippen molar-refractivity contribution in [2.24, 2.45) is 0 Å². The van der Waals surface area contributed by atoms with E-state index in [9.17, 15) is 20.3 Å². The van der Waals surface area contributed by atoms with Gasteiger partial charge in [0.15, 0.2) is 5.75 Å². The third-order valence-corrected chi connectivity index (χ3v) is 4.79. The summed E-state index contributed by atoms with van der Waals surface area (Å²) in [6.45, 7) is 3.51. The van der Waals surface area contributed by atoms with E-state index in [4.69, 9.17) is 16.1 Å². The number of phenols is 2. The Bertz CT molecular complexity index is 1050. The number of hydrogen-bond acceptors (Lipinski definition) is 8. The molecule has 0 atom stereocenters. The summed E-state index contributed by atoms with van der Waals surface area (Å²) >= 11 is 9.54. The van der Waals surface area contributed by atoms with Gasteiger partial charge in [0.25, 0.3) is 5.89 Å². The zero-order chi connectivity index (χ0) is 19.2. The molecule has 0 aliphatic carbocycles. The Balaban J connectivity index is 2.13. The number of aryl methyl sites for hydroxylation is 1. The Morgan fingerprint density at radius 1 is 1.27 bits per heavy atom. The molecular weight excluding hydrogens is 432 g/mol. The van der Waals surface area contributed by atoms with E-state index in [1.165, 1.54) is 0 Å². The third kappa shape index (κ3) is 2.97. The van der Waals surface area contributed by atoms with Crippen LogP contribution in [-0.2, 0) is 0 Å². The summed E-state index contributed by atoms with van der Waals surface area (Å²) < 4.78 is 5.68. The lowest BCUT2D eigenvalue weighted by molar-refractivity contribution is -0.385. The van der Waals surface area contributed by atoms with Gasteiger partial charge in [0.1, 0.15) is 4.60 Å². The smallest absolute Gasteiger partial charge is 0.315 e.